The second kappa shape index (κ2) is 4.85. The molecule has 1 aliphatic heterocycles. The molecule has 0 radical (unpaired) electrons. The summed E-state index contributed by atoms with van der Waals surface area (Å²) < 4.78 is 30.6. The first-order valence-electron chi connectivity index (χ1n) is 6.10. The molecule has 0 aromatic heterocycles. The van der Waals surface area contributed by atoms with Crippen LogP contribution in [0.3, 0.4) is 0 Å². The molecular formula is C13H17NO4S. The summed E-state index contributed by atoms with van der Waals surface area (Å²) in [7, 11) is -2.05. The maximum Gasteiger partial charge on any atom is 0.337 e. The Morgan fingerprint density at radius 1 is 1.37 bits per heavy atom. The van der Waals surface area contributed by atoms with Crippen molar-refractivity contribution in [2.24, 2.45) is 0 Å². The second-order valence-electron chi connectivity index (χ2n) is 4.75. The predicted molar refractivity (Wildman–Crippen MR) is 72.9 cm³/mol. The number of nitrogens with zero attached hydrogens (tertiary/aromatic N) is 1. The molecule has 1 aromatic carbocycles. The van der Waals surface area contributed by atoms with Gasteiger partial charge >= 0.3 is 5.97 Å². The quantitative estimate of drug-likeness (QED) is 0.790. The number of fused-ring (bicyclic) bond motifs is 1. The van der Waals surface area contributed by atoms with Gasteiger partial charge in [0.15, 0.2) is 0 Å². The van der Waals surface area contributed by atoms with E-state index in [2.05, 4.69) is 4.74 Å². The fraction of sp³-hybridized carbons (Fsp3) is 0.462. The largest absolute Gasteiger partial charge is 0.465 e. The van der Waals surface area contributed by atoms with E-state index in [4.69, 9.17) is 0 Å². The first-order valence-corrected chi connectivity index (χ1v) is 7.61. The number of carbonyl (C=O) groups is 1. The summed E-state index contributed by atoms with van der Waals surface area (Å²) >= 11 is 0. The Morgan fingerprint density at radius 2 is 2.05 bits per heavy atom. The van der Waals surface area contributed by atoms with Gasteiger partial charge in [0, 0.05) is 6.54 Å². The number of anilines is 1. The van der Waals surface area contributed by atoms with Gasteiger partial charge in [-0.05, 0) is 38.0 Å². The molecule has 0 fully saturated rings. The van der Waals surface area contributed by atoms with E-state index >= 15 is 0 Å². The molecule has 19 heavy (non-hydrogen) atoms. The topological polar surface area (TPSA) is 63.7 Å². The van der Waals surface area contributed by atoms with E-state index in [1.54, 1.807) is 32.0 Å². The van der Waals surface area contributed by atoms with Gasteiger partial charge in [-0.15, -0.1) is 0 Å². The van der Waals surface area contributed by atoms with Crippen LogP contribution in [0.4, 0.5) is 5.69 Å². The summed E-state index contributed by atoms with van der Waals surface area (Å²) in [4.78, 5) is 11.5. The number of methoxy groups -OCH3 is 1. The molecule has 2 rings (SSSR count). The van der Waals surface area contributed by atoms with Gasteiger partial charge in [0.1, 0.15) is 0 Å². The minimum absolute atomic E-state index is 0.368. The molecule has 1 heterocycles. The summed E-state index contributed by atoms with van der Waals surface area (Å²) in [6, 6.07) is 5.04. The van der Waals surface area contributed by atoms with Crippen molar-refractivity contribution in [3.05, 3.63) is 29.3 Å². The molecule has 0 saturated heterocycles. The first-order chi connectivity index (χ1) is 8.87. The van der Waals surface area contributed by atoms with E-state index in [1.807, 2.05) is 0 Å². The Labute approximate surface area is 113 Å². The zero-order valence-corrected chi connectivity index (χ0v) is 12.0. The highest BCUT2D eigenvalue weighted by Gasteiger charge is 2.32. The van der Waals surface area contributed by atoms with Crippen LogP contribution in [0.25, 0.3) is 0 Å². The average Bonchev–Trinajstić information content (AvgIpc) is 2.80. The van der Waals surface area contributed by atoms with Crippen LogP contribution in [0.1, 0.15) is 29.8 Å². The van der Waals surface area contributed by atoms with Crippen LogP contribution in [0.15, 0.2) is 18.2 Å². The van der Waals surface area contributed by atoms with Gasteiger partial charge in [0.25, 0.3) is 0 Å². The Bertz CT molecular complexity index is 607. The first kappa shape index (κ1) is 13.9. The van der Waals surface area contributed by atoms with E-state index in [9.17, 15) is 13.2 Å². The minimum Gasteiger partial charge on any atom is -0.465 e. The van der Waals surface area contributed by atoms with Crippen molar-refractivity contribution in [1.29, 1.82) is 0 Å². The number of carbonyl (C=O) groups excluding carboxylic acids is 1. The Hall–Kier alpha value is -1.56. The summed E-state index contributed by atoms with van der Waals surface area (Å²) in [6.07, 6.45) is 0.669. The summed E-state index contributed by atoms with van der Waals surface area (Å²) in [6.45, 7) is 3.73. The third-order valence-electron chi connectivity index (χ3n) is 3.26. The summed E-state index contributed by atoms with van der Waals surface area (Å²) in [5.74, 6) is -0.461. The molecule has 0 bridgehead atoms. The standard InChI is InChI=1S/C13H17NO4S/c1-9(2)19(16,17)14-7-6-10-4-5-11(8-12(10)14)13(15)18-3/h4-5,8-9H,6-7H2,1-3H3. The van der Waals surface area contributed by atoms with Gasteiger partial charge in [0.2, 0.25) is 10.0 Å². The molecule has 0 aliphatic carbocycles. The lowest BCUT2D eigenvalue weighted by Gasteiger charge is -2.22. The maximum atomic E-state index is 12.3. The number of sulfonamides is 1. The molecule has 0 saturated carbocycles. The third-order valence-corrected chi connectivity index (χ3v) is 5.45. The molecule has 1 aliphatic rings. The Morgan fingerprint density at radius 3 is 2.63 bits per heavy atom. The van der Waals surface area contributed by atoms with Crippen molar-refractivity contribution in [3.8, 4) is 0 Å². The van der Waals surface area contributed by atoms with Gasteiger partial charge in [-0.1, -0.05) is 6.07 Å². The van der Waals surface area contributed by atoms with Crippen LogP contribution in [0.5, 0.6) is 0 Å². The van der Waals surface area contributed by atoms with E-state index in [0.717, 1.165) is 5.56 Å². The van der Waals surface area contributed by atoms with Gasteiger partial charge in [-0.3, -0.25) is 4.31 Å². The number of benzene rings is 1. The molecular weight excluding hydrogens is 266 g/mol. The lowest BCUT2D eigenvalue weighted by Crippen LogP contribution is -2.35. The second-order valence-corrected chi connectivity index (χ2v) is 7.16. The SMILES string of the molecule is COC(=O)c1ccc2c(c1)N(S(=O)(=O)C(C)C)CC2. The van der Waals surface area contributed by atoms with E-state index in [1.165, 1.54) is 11.4 Å². The van der Waals surface area contributed by atoms with Crippen LogP contribution in [-0.2, 0) is 21.2 Å². The zero-order valence-electron chi connectivity index (χ0n) is 11.2. The van der Waals surface area contributed by atoms with Gasteiger partial charge < -0.3 is 4.74 Å². The number of hydrogen-bond acceptors (Lipinski definition) is 4. The number of rotatable bonds is 3. The van der Waals surface area contributed by atoms with Crippen molar-refractivity contribution >= 4 is 21.7 Å². The monoisotopic (exact) mass is 283 g/mol. The van der Waals surface area contributed by atoms with Crippen LogP contribution >= 0.6 is 0 Å². The van der Waals surface area contributed by atoms with E-state index < -0.39 is 21.2 Å². The lowest BCUT2D eigenvalue weighted by molar-refractivity contribution is 0.0601. The molecule has 1 aromatic rings. The number of hydrogen-bond donors (Lipinski definition) is 0. The summed E-state index contributed by atoms with van der Waals surface area (Å²) in [5, 5.41) is -0.486. The molecule has 0 amide bonds. The molecule has 5 nitrogen and oxygen atoms in total. The predicted octanol–water partition coefficient (Wildman–Crippen LogP) is 1.57. The summed E-state index contributed by atoms with van der Waals surface area (Å²) in [5.41, 5.74) is 1.90. The van der Waals surface area contributed by atoms with Gasteiger partial charge in [0.05, 0.1) is 23.6 Å². The van der Waals surface area contributed by atoms with E-state index in [-0.39, 0.29) is 0 Å². The van der Waals surface area contributed by atoms with Gasteiger partial charge in [-0.25, -0.2) is 13.2 Å². The molecule has 6 heteroatoms. The molecule has 0 spiro atoms. The van der Waals surface area contributed by atoms with Gasteiger partial charge in [-0.2, -0.15) is 0 Å². The van der Waals surface area contributed by atoms with E-state index in [0.29, 0.717) is 24.2 Å². The van der Waals surface area contributed by atoms with Crippen molar-refractivity contribution in [2.75, 3.05) is 18.0 Å². The third kappa shape index (κ3) is 2.32. The normalized spacial score (nSPS) is 14.6. The molecule has 0 N–H and O–H groups in total. The Kier molecular flexibility index (Phi) is 3.54. The molecule has 0 atom stereocenters. The minimum atomic E-state index is -3.36. The average molecular weight is 283 g/mol. The lowest BCUT2D eigenvalue weighted by atomic mass is 10.1. The molecule has 104 valence electrons. The van der Waals surface area contributed by atoms with Crippen molar-refractivity contribution in [3.63, 3.8) is 0 Å². The smallest absolute Gasteiger partial charge is 0.337 e. The number of ether oxygens (including phenoxy) is 1. The van der Waals surface area contributed by atoms with Crippen LogP contribution in [0.2, 0.25) is 0 Å². The van der Waals surface area contributed by atoms with Crippen LogP contribution in [0, 0.1) is 0 Å². The van der Waals surface area contributed by atoms with Crippen LogP contribution in [-0.4, -0.2) is 33.3 Å². The fourth-order valence-corrected chi connectivity index (χ4v) is 3.41. The highest BCUT2D eigenvalue weighted by atomic mass is 32.2. The van der Waals surface area contributed by atoms with Crippen LogP contribution < -0.4 is 4.31 Å². The Balaban J connectivity index is 2.47. The molecule has 0 unspecified atom stereocenters. The highest BCUT2D eigenvalue weighted by Crippen LogP contribution is 2.32. The number of esters is 1. The van der Waals surface area contributed by atoms with Crippen molar-refractivity contribution in [1.82, 2.24) is 0 Å². The fourth-order valence-electron chi connectivity index (χ4n) is 2.11. The maximum absolute atomic E-state index is 12.3. The van der Waals surface area contributed by atoms with Crippen molar-refractivity contribution < 1.29 is 17.9 Å². The highest BCUT2D eigenvalue weighted by molar-refractivity contribution is 7.93. The van der Waals surface area contributed by atoms with Crippen molar-refractivity contribution in [2.45, 2.75) is 25.5 Å². The zero-order chi connectivity index (χ0) is 14.2.